The average molecular weight is 237 g/mol. The van der Waals surface area contributed by atoms with Crippen molar-refractivity contribution in [1.29, 1.82) is 0 Å². The number of benzene rings is 1. The van der Waals surface area contributed by atoms with Gasteiger partial charge in [0.2, 0.25) is 0 Å². The summed E-state index contributed by atoms with van der Waals surface area (Å²) >= 11 is 0. The summed E-state index contributed by atoms with van der Waals surface area (Å²) in [5, 5.41) is 31.2. The molecule has 0 aliphatic heterocycles. The summed E-state index contributed by atoms with van der Waals surface area (Å²) in [6, 6.07) is 4.97. The van der Waals surface area contributed by atoms with Crippen molar-refractivity contribution in [1.82, 2.24) is 5.32 Å². The molecule has 2 rings (SSSR count). The molecule has 4 heteroatoms. The first kappa shape index (κ1) is 12.2. The minimum absolute atomic E-state index is 0.0491. The molecule has 1 saturated carbocycles. The van der Waals surface area contributed by atoms with Crippen molar-refractivity contribution in [2.45, 2.75) is 25.8 Å². The Labute approximate surface area is 101 Å². The molecule has 0 amide bonds. The third-order valence-electron chi connectivity index (χ3n) is 3.51. The summed E-state index contributed by atoms with van der Waals surface area (Å²) in [6.45, 7) is 1.62. The Morgan fingerprint density at radius 1 is 1.24 bits per heavy atom. The lowest BCUT2D eigenvalue weighted by Crippen LogP contribution is -2.24. The zero-order valence-corrected chi connectivity index (χ0v) is 9.82. The molecular formula is C13H19NO3. The van der Waals surface area contributed by atoms with Gasteiger partial charge in [-0.1, -0.05) is 12.1 Å². The maximum Gasteiger partial charge on any atom is 0.161 e. The highest BCUT2D eigenvalue weighted by Crippen LogP contribution is 2.47. The number of hydrogen-bond acceptors (Lipinski definition) is 4. The number of aliphatic hydroxyl groups is 1. The number of aliphatic hydroxyl groups excluding tert-OH is 1. The maximum atomic E-state index is 9.62. The molecule has 17 heavy (non-hydrogen) atoms. The summed E-state index contributed by atoms with van der Waals surface area (Å²) < 4.78 is 0. The fraction of sp³-hybridized carbons (Fsp3) is 0.538. The molecule has 0 atom stereocenters. The fourth-order valence-corrected chi connectivity index (χ4v) is 2.11. The Morgan fingerprint density at radius 3 is 2.65 bits per heavy atom. The third kappa shape index (κ3) is 2.90. The van der Waals surface area contributed by atoms with Crippen molar-refractivity contribution in [2.24, 2.45) is 5.41 Å². The quantitative estimate of drug-likeness (QED) is 0.564. The molecule has 1 aromatic carbocycles. The van der Waals surface area contributed by atoms with Crippen LogP contribution in [0.4, 0.5) is 0 Å². The molecule has 0 unspecified atom stereocenters. The van der Waals surface area contributed by atoms with Gasteiger partial charge in [-0.15, -0.1) is 0 Å². The van der Waals surface area contributed by atoms with E-state index in [1.807, 2.05) is 0 Å². The Balaban J connectivity index is 1.84. The van der Waals surface area contributed by atoms with Crippen LogP contribution in [0.2, 0.25) is 0 Å². The summed E-state index contributed by atoms with van der Waals surface area (Å²) in [4.78, 5) is 0. The number of phenolic OH excluding ortho intramolecular Hbond substituents is 2. The lowest BCUT2D eigenvalue weighted by atomic mass is 10.0. The second-order valence-electron chi connectivity index (χ2n) is 4.86. The second kappa shape index (κ2) is 4.94. The summed E-state index contributed by atoms with van der Waals surface area (Å²) in [7, 11) is 0. The summed E-state index contributed by atoms with van der Waals surface area (Å²) in [6.07, 6.45) is 3.16. The second-order valence-corrected chi connectivity index (χ2v) is 4.86. The van der Waals surface area contributed by atoms with Crippen molar-refractivity contribution >= 4 is 0 Å². The van der Waals surface area contributed by atoms with Crippen molar-refractivity contribution < 1.29 is 15.3 Å². The largest absolute Gasteiger partial charge is 0.504 e. The van der Waals surface area contributed by atoms with Crippen LogP contribution in [0.1, 0.15) is 24.8 Å². The molecule has 0 saturated heterocycles. The van der Waals surface area contributed by atoms with Gasteiger partial charge in [-0.3, -0.25) is 0 Å². The molecule has 0 aromatic heterocycles. The SMILES string of the molecule is OCCC1(CNCc2cccc(O)c2O)CC1. The van der Waals surface area contributed by atoms with Gasteiger partial charge in [0, 0.05) is 25.3 Å². The predicted octanol–water partition coefficient (Wildman–Crippen LogP) is 1.35. The number of hydrogen-bond donors (Lipinski definition) is 4. The Morgan fingerprint density at radius 2 is 2.00 bits per heavy atom. The van der Waals surface area contributed by atoms with Gasteiger partial charge in [-0.2, -0.15) is 0 Å². The van der Waals surface area contributed by atoms with Gasteiger partial charge < -0.3 is 20.6 Å². The first-order chi connectivity index (χ1) is 8.17. The van der Waals surface area contributed by atoms with Crippen molar-refractivity contribution in [2.75, 3.05) is 13.2 Å². The smallest absolute Gasteiger partial charge is 0.161 e. The number of para-hydroxylation sites is 1. The van der Waals surface area contributed by atoms with Gasteiger partial charge in [0.05, 0.1) is 0 Å². The van der Waals surface area contributed by atoms with Gasteiger partial charge in [0.15, 0.2) is 11.5 Å². The van der Waals surface area contributed by atoms with E-state index in [1.165, 1.54) is 6.07 Å². The first-order valence-electron chi connectivity index (χ1n) is 5.98. The van der Waals surface area contributed by atoms with Gasteiger partial charge in [0.1, 0.15) is 0 Å². The predicted molar refractivity (Wildman–Crippen MR) is 64.8 cm³/mol. The number of aromatic hydroxyl groups is 2. The van der Waals surface area contributed by atoms with Crippen LogP contribution in [-0.2, 0) is 6.54 Å². The molecule has 4 nitrogen and oxygen atoms in total. The molecule has 0 bridgehead atoms. The van der Waals surface area contributed by atoms with Crippen LogP contribution >= 0.6 is 0 Å². The molecule has 0 radical (unpaired) electrons. The molecule has 1 aromatic rings. The zero-order chi connectivity index (χ0) is 12.3. The van der Waals surface area contributed by atoms with Gasteiger partial charge in [-0.25, -0.2) is 0 Å². The lowest BCUT2D eigenvalue weighted by molar-refractivity contribution is 0.245. The minimum Gasteiger partial charge on any atom is -0.504 e. The lowest BCUT2D eigenvalue weighted by Gasteiger charge is -2.15. The van der Waals surface area contributed by atoms with Crippen molar-refractivity contribution in [3.8, 4) is 11.5 Å². The van der Waals surface area contributed by atoms with E-state index >= 15 is 0 Å². The van der Waals surface area contributed by atoms with E-state index in [9.17, 15) is 10.2 Å². The first-order valence-corrected chi connectivity index (χ1v) is 5.98. The van der Waals surface area contributed by atoms with Crippen molar-refractivity contribution in [3.63, 3.8) is 0 Å². The van der Waals surface area contributed by atoms with Crippen LogP contribution in [-0.4, -0.2) is 28.5 Å². The summed E-state index contributed by atoms with van der Waals surface area (Å²) in [5.74, 6) is -0.132. The molecule has 4 N–H and O–H groups in total. The highest BCUT2D eigenvalue weighted by molar-refractivity contribution is 5.44. The standard InChI is InChI=1S/C13H19NO3/c15-7-6-13(4-5-13)9-14-8-10-2-1-3-11(16)12(10)17/h1-3,14-17H,4-9H2. The topological polar surface area (TPSA) is 72.7 Å². The van der Waals surface area contributed by atoms with E-state index in [-0.39, 0.29) is 23.5 Å². The molecule has 0 heterocycles. The van der Waals surface area contributed by atoms with Crippen LogP contribution in [0.3, 0.4) is 0 Å². The van der Waals surface area contributed by atoms with Gasteiger partial charge >= 0.3 is 0 Å². The molecule has 1 fully saturated rings. The highest BCUT2D eigenvalue weighted by atomic mass is 16.3. The van der Waals surface area contributed by atoms with Crippen LogP contribution in [0.25, 0.3) is 0 Å². The normalized spacial score (nSPS) is 17.0. The van der Waals surface area contributed by atoms with Crippen LogP contribution < -0.4 is 5.32 Å². The molecule has 1 aliphatic rings. The average Bonchev–Trinajstić information content (AvgIpc) is 3.05. The van der Waals surface area contributed by atoms with E-state index < -0.39 is 0 Å². The Bertz CT molecular complexity index is 388. The van der Waals surface area contributed by atoms with E-state index in [4.69, 9.17) is 5.11 Å². The maximum absolute atomic E-state index is 9.62. The zero-order valence-electron chi connectivity index (χ0n) is 9.82. The van der Waals surface area contributed by atoms with E-state index in [0.29, 0.717) is 12.1 Å². The molecule has 94 valence electrons. The fourth-order valence-electron chi connectivity index (χ4n) is 2.11. The van der Waals surface area contributed by atoms with Crippen LogP contribution in [0, 0.1) is 5.41 Å². The Kier molecular flexibility index (Phi) is 3.54. The Hall–Kier alpha value is -1.26. The molecule has 0 spiro atoms. The summed E-state index contributed by atoms with van der Waals surface area (Å²) in [5.41, 5.74) is 0.964. The van der Waals surface area contributed by atoms with Crippen molar-refractivity contribution in [3.05, 3.63) is 23.8 Å². The highest BCUT2D eigenvalue weighted by Gasteiger charge is 2.41. The van der Waals surface area contributed by atoms with Gasteiger partial charge in [-0.05, 0) is 30.7 Å². The number of rotatable bonds is 6. The molecule has 1 aliphatic carbocycles. The van der Waals surface area contributed by atoms with E-state index in [1.54, 1.807) is 12.1 Å². The monoisotopic (exact) mass is 237 g/mol. The van der Waals surface area contributed by atoms with Crippen LogP contribution in [0.15, 0.2) is 18.2 Å². The molecular weight excluding hydrogens is 218 g/mol. The minimum atomic E-state index is -0.0826. The van der Waals surface area contributed by atoms with E-state index in [0.717, 1.165) is 25.8 Å². The van der Waals surface area contributed by atoms with Gasteiger partial charge in [0.25, 0.3) is 0 Å². The number of nitrogens with one attached hydrogen (secondary N) is 1. The van der Waals surface area contributed by atoms with Crippen LogP contribution in [0.5, 0.6) is 11.5 Å². The van der Waals surface area contributed by atoms with E-state index in [2.05, 4.69) is 5.32 Å². The number of phenols is 2. The third-order valence-corrected chi connectivity index (χ3v) is 3.51.